The zero-order valence-electron chi connectivity index (χ0n) is 9.73. The number of carbonyl (C=O) groups is 1. The highest BCUT2D eigenvalue weighted by Crippen LogP contribution is 2.18. The van der Waals surface area contributed by atoms with E-state index in [-0.39, 0.29) is 12.4 Å². The smallest absolute Gasteiger partial charge is 0.170 e. The molecule has 0 bridgehead atoms. The maximum atomic E-state index is 10.6. The molecule has 1 aromatic carbocycles. The zero-order chi connectivity index (χ0) is 11.4. The Hall–Kier alpha value is -1.10. The van der Waals surface area contributed by atoms with Gasteiger partial charge in [0.05, 0.1) is 0 Å². The van der Waals surface area contributed by atoms with Crippen LogP contribution in [0.25, 0.3) is 0 Å². The number of hydrogen-bond acceptors (Lipinski definition) is 4. The molecule has 5 heteroatoms. The Morgan fingerprint density at radius 3 is 2.88 bits per heavy atom. The fourth-order valence-corrected chi connectivity index (χ4v) is 1.79. The monoisotopic (exact) mass is 256 g/mol. The molecule has 0 unspecified atom stereocenters. The summed E-state index contributed by atoms with van der Waals surface area (Å²) < 4.78 is 5.85. The van der Waals surface area contributed by atoms with Crippen LogP contribution in [0.4, 0.5) is 0 Å². The minimum Gasteiger partial charge on any atom is -0.472 e. The molecule has 0 saturated carbocycles. The molecule has 0 amide bonds. The second-order valence-electron chi connectivity index (χ2n) is 4.13. The quantitative estimate of drug-likeness (QED) is 0.799. The Morgan fingerprint density at radius 2 is 2.24 bits per heavy atom. The fourth-order valence-electron chi connectivity index (χ4n) is 1.79. The molecule has 94 valence electrons. The maximum absolute atomic E-state index is 10.6. The second kappa shape index (κ2) is 6.00. The summed E-state index contributed by atoms with van der Waals surface area (Å²) in [7, 11) is 0. The Morgan fingerprint density at radius 1 is 1.41 bits per heavy atom. The van der Waals surface area contributed by atoms with Crippen molar-refractivity contribution in [3.05, 3.63) is 29.8 Å². The SMILES string of the molecule is C[C@@]1(Oc2cccc(C=O)c2)CNCCN1.Cl. The number of nitrogens with one attached hydrogen (secondary N) is 2. The minimum atomic E-state index is -0.403. The largest absolute Gasteiger partial charge is 0.472 e. The molecule has 1 fully saturated rings. The van der Waals surface area contributed by atoms with Gasteiger partial charge in [-0.05, 0) is 19.1 Å². The van der Waals surface area contributed by atoms with E-state index in [1.165, 1.54) is 0 Å². The van der Waals surface area contributed by atoms with E-state index < -0.39 is 5.72 Å². The average Bonchev–Trinajstić information content (AvgIpc) is 2.29. The molecule has 17 heavy (non-hydrogen) atoms. The molecule has 0 aliphatic carbocycles. The van der Waals surface area contributed by atoms with Gasteiger partial charge in [-0.15, -0.1) is 12.4 Å². The van der Waals surface area contributed by atoms with Gasteiger partial charge in [-0.25, -0.2) is 0 Å². The van der Waals surface area contributed by atoms with Crippen molar-refractivity contribution in [1.82, 2.24) is 10.6 Å². The van der Waals surface area contributed by atoms with Gasteiger partial charge < -0.3 is 10.1 Å². The van der Waals surface area contributed by atoms with Gasteiger partial charge >= 0.3 is 0 Å². The molecule has 2 N–H and O–H groups in total. The summed E-state index contributed by atoms with van der Waals surface area (Å²) in [6.45, 7) is 4.57. The number of piperazine rings is 1. The Kier molecular flexibility index (Phi) is 4.93. The average molecular weight is 257 g/mol. The van der Waals surface area contributed by atoms with Crippen molar-refractivity contribution < 1.29 is 9.53 Å². The summed E-state index contributed by atoms with van der Waals surface area (Å²) >= 11 is 0. The van der Waals surface area contributed by atoms with Gasteiger partial charge in [-0.3, -0.25) is 10.1 Å². The number of carbonyl (C=O) groups excluding carboxylic acids is 1. The number of ether oxygens (including phenoxy) is 1. The lowest BCUT2D eigenvalue weighted by molar-refractivity contribution is 0.0380. The Balaban J connectivity index is 0.00000144. The molecule has 1 heterocycles. The topological polar surface area (TPSA) is 50.4 Å². The Labute approximate surface area is 107 Å². The van der Waals surface area contributed by atoms with Crippen LogP contribution in [0.2, 0.25) is 0 Å². The summed E-state index contributed by atoms with van der Waals surface area (Å²) in [6, 6.07) is 7.18. The van der Waals surface area contributed by atoms with Gasteiger partial charge in [0.2, 0.25) is 0 Å². The van der Waals surface area contributed by atoms with Crippen LogP contribution in [0.1, 0.15) is 17.3 Å². The third-order valence-corrected chi connectivity index (χ3v) is 2.60. The predicted molar refractivity (Wildman–Crippen MR) is 69.0 cm³/mol. The fraction of sp³-hybridized carbons (Fsp3) is 0.417. The van der Waals surface area contributed by atoms with E-state index in [2.05, 4.69) is 10.6 Å². The van der Waals surface area contributed by atoms with E-state index in [9.17, 15) is 4.79 Å². The van der Waals surface area contributed by atoms with Crippen molar-refractivity contribution in [2.24, 2.45) is 0 Å². The number of aldehydes is 1. The van der Waals surface area contributed by atoms with Crippen molar-refractivity contribution in [2.45, 2.75) is 12.6 Å². The molecule has 2 rings (SSSR count). The molecule has 1 atom stereocenters. The van der Waals surface area contributed by atoms with Gasteiger partial charge in [0.15, 0.2) is 5.72 Å². The summed E-state index contributed by atoms with van der Waals surface area (Å²) in [4.78, 5) is 10.6. The number of rotatable bonds is 3. The molecule has 4 nitrogen and oxygen atoms in total. The lowest BCUT2D eigenvalue weighted by atomic mass is 10.2. The van der Waals surface area contributed by atoms with Crippen LogP contribution in [-0.2, 0) is 0 Å². The molecule has 1 saturated heterocycles. The highest BCUT2D eigenvalue weighted by atomic mass is 35.5. The van der Waals surface area contributed by atoms with Crippen LogP contribution in [0.15, 0.2) is 24.3 Å². The van der Waals surface area contributed by atoms with E-state index in [4.69, 9.17) is 4.74 Å². The van der Waals surface area contributed by atoms with Gasteiger partial charge in [0.25, 0.3) is 0 Å². The van der Waals surface area contributed by atoms with Crippen molar-refractivity contribution >= 4 is 18.7 Å². The number of halogens is 1. The summed E-state index contributed by atoms with van der Waals surface area (Å²) in [5.74, 6) is 0.711. The lowest BCUT2D eigenvalue weighted by Crippen LogP contribution is -2.60. The first-order chi connectivity index (χ1) is 7.72. The van der Waals surface area contributed by atoms with Crippen LogP contribution in [-0.4, -0.2) is 31.6 Å². The molecule has 1 aliphatic rings. The van der Waals surface area contributed by atoms with E-state index in [0.717, 1.165) is 25.9 Å². The predicted octanol–water partition coefficient (Wildman–Crippen LogP) is 1.21. The normalized spacial score (nSPS) is 23.6. The molecule has 1 aliphatic heterocycles. The summed E-state index contributed by atoms with van der Waals surface area (Å²) in [6.07, 6.45) is 0.821. The molecule has 1 aromatic rings. The second-order valence-corrected chi connectivity index (χ2v) is 4.13. The minimum absolute atomic E-state index is 0. The summed E-state index contributed by atoms with van der Waals surface area (Å²) in [5.41, 5.74) is 0.226. The third kappa shape index (κ3) is 3.70. The first-order valence-electron chi connectivity index (χ1n) is 5.42. The highest BCUT2D eigenvalue weighted by molar-refractivity contribution is 5.85. The van der Waals surface area contributed by atoms with Crippen molar-refractivity contribution in [1.29, 1.82) is 0 Å². The van der Waals surface area contributed by atoms with E-state index in [0.29, 0.717) is 11.3 Å². The number of hydrogen-bond donors (Lipinski definition) is 2. The third-order valence-electron chi connectivity index (χ3n) is 2.60. The van der Waals surface area contributed by atoms with Crippen LogP contribution in [0.3, 0.4) is 0 Å². The van der Waals surface area contributed by atoms with Crippen LogP contribution in [0, 0.1) is 0 Å². The van der Waals surface area contributed by atoms with Gasteiger partial charge in [0.1, 0.15) is 12.0 Å². The van der Waals surface area contributed by atoms with E-state index in [1.54, 1.807) is 12.1 Å². The van der Waals surface area contributed by atoms with Crippen molar-refractivity contribution in [2.75, 3.05) is 19.6 Å². The molecular formula is C12H17ClN2O2. The first kappa shape index (κ1) is 14.0. The van der Waals surface area contributed by atoms with E-state index in [1.807, 2.05) is 19.1 Å². The number of benzene rings is 1. The first-order valence-corrected chi connectivity index (χ1v) is 5.42. The lowest BCUT2D eigenvalue weighted by Gasteiger charge is -2.35. The van der Waals surface area contributed by atoms with Gasteiger partial charge in [-0.1, -0.05) is 12.1 Å². The van der Waals surface area contributed by atoms with Crippen LogP contribution in [0.5, 0.6) is 5.75 Å². The van der Waals surface area contributed by atoms with Crippen molar-refractivity contribution in [3.8, 4) is 5.75 Å². The Bertz CT molecular complexity index is 379. The standard InChI is InChI=1S/C12H16N2O2.ClH/c1-12(9-13-5-6-14-12)16-11-4-2-3-10(7-11)8-15;/h2-4,7-8,13-14H,5-6,9H2,1H3;1H/t12-;/m1./s1. The van der Waals surface area contributed by atoms with Gasteiger partial charge in [-0.2, -0.15) is 0 Å². The van der Waals surface area contributed by atoms with Crippen molar-refractivity contribution in [3.63, 3.8) is 0 Å². The van der Waals surface area contributed by atoms with E-state index >= 15 is 0 Å². The molecule has 0 aromatic heterocycles. The molecular weight excluding hydrogens is 240 g/mol. The maximum Gasteiger partial charge on any atom is 0.170 e. The summed E-state index contributed by atoms with van der Waals surface area (Å²) in [5, 5.41) is 6.58. The van der Waals surface area contributed by atoms with Crippen LogP contribution < -0.4 is 15.4 Å². The molecule has 0 radical (unpaired) electrons. The highest BCUT2D eigenvalue weighted by Gasteiger charge is 2.27. The molecule has 0 spiro atoms. The zero-order valence-corrected chi connectivity index (χ0v) is 10.5. The van der Waals surface area contributed by atoms with Gasteiger partial charge in [0, 0.05) is 25.2 Å². The van der Waals surface area contributed by atoms with Crippen LogP contribution >= 0.6 is 12.4 Å².